The van der Waals surface area contributed by atoms with Crippen molar-refractivity contribution in [3.63, 3.8) is 0 Å². The Kier molecular flexibility index (Phi) is 2.85. The Morgan fingerprint density at radius 2 is 1.82 bits per heavy atom. The van der Waals surface area contributed by atoms with E-state index in [4.69, 9.17) is 10.7 Å². The van der Waals surface area contributed by atoms with Gasteiger partial charge in [0.05, 0.1) is 5.69 Å². The van der Waals surface area contributed by atoms with Crippen molar-refractivity contribution in [1.29, 1.82) is 0 Å². The Balaban J connectivity index is 1.93. The summed E-state index contributed by atoms with van der Waals surface area (Å²) in [5.74, 6) is 3.57. The largest absolute Gasteiger partial charge is 0.384 e. The van der Waals surface area contributed by atoms with E-state index < -0.39 is 0 Å². The standard InChI is InChI=1S/C14H23N3/c1-2-17-13(15)12(10-8-9-10)16-14(17)11-6-4-3-5-7-11/h10-11H,2-9,15H2,1H3. The highest BCUT2D eigenvalue weighted by Crippen LogP contribution is 2.44. The molecule has 1 aromatic heterocycles. The Labute approximate surface area is 103 Å². The molecule has 0 bridgehead atoms. The normalized spacial score (nSPS) is 21.9. The topological polar surface area (TPSA) is 43.8 Å². The van der Waals surface area contributed by atoms with E-state index in [1.165, 1.54) is 56.5 Å². The van der Waals surface area contributed by atoms with Crippen LogP contribution in [0.5, 0.6) is 0 Å². The SMILES string of the molecule is CCn1c(C2CCCCC2)nc(C2CC2)c1N. The lowest BCUT2D eigenvalue weighted by Crippen LogP contribution is -2.12. The zero-order valence-corrected chi connectivity index (χ0v) is 10.8. The van der Waals surface area contributed by atoms with Gasteiger partial charge in [0.1, 0.15) is 11.6 Å². The number of nitrogens with two attached hydrogens (primary N) is 1. The molecule has 0 atom stereocenters. The third kappa shape index (κ3) is 1.96. The van der Waals surface area contributed by atoms with Crippen LogP contribution in [-0.4, -0.2) is 9.55 Å². The summed E-state index contributed by atoms with van der Waals surface area (Å²) >= 11 is 0. The zero-order valence-electron chi connectivity index (χ0n) is 10.8. The number of hydrogen-bond acceptors (Lipinski definition) is 2. The van der Waals surface area contributed by atoms with Crippen LogP contribution in [0.3, 0.4) is 0 Å². The molecule has 0 radical (unpaired) electrons. The van der Waals surface area contributed by atoms with Crippen LogP contribution < -0.4 is 5.73 Å². The van der Waals surface area contributed by atoms with Crippen LogP contribution in [0, 0.1) is 0 Å². The first-order valence-corrected chi connectivity index (χ1v) is 7.17. The van der Waals surface area contributed by atoms with Gasteiger partial charge in [0.2, 0.25) is 0 Å². The van der Waals surface area contributed by atoms with E-state index in [9.17, 15) is 0 Å². The summed E-state index contributed by atoms with van der Waals surface area (Å²) in [6, 6.07) is 0. The third-order valence-electron chi connectivity index (χ3n) is 4.32. The number of aromatic nitrogens is 2. The van der Waals surface area contributed by atoms with Gasteiger partial charge in [0.15, 0.2) is 0 Å². The van der Waals surface area contributed by atoms with Crippen molar-refractivity contribution >= 4 is 5.82 Å². The first-order valence-electron chi connectivity index (χ1n) is 7.17. The summed E-state index contributed by atoms with van der Waals surface area (Å²) < 4.78 is 2.27. The summed E-state index contributed by atoms with van der Waals surface area (Å²) in [6.45, 7) is 3.15. The van der Waals surface area contributed by atoms with Crippen molar-refractivity contribution in [3.05, 3.63) is 11.5 Å². The summed E-state index contributed by atoms with van der Waals surface area (Å²) in [5, 5.41) is 0. The highest BCUT2D eigenvalue weighted by molar-refractivity contribution is 5.43. The van der Waals surface area contributed by atoms with Gasteiger partial charge in [-0.3, -0.25) is 0 Å². The zero-order chi connectivity index (χ0) is 11.8. The minimum Gasteiger partial charge on any atom is -0.384 e. The molecule has 2 aliphatic rings. The van der Waals surface area contributed by atoms with Crippen molar-refractivity contribution in [2.75, 3.05) is 5.73 Å². The molecule has 2 N–H and O–H groups in total. The number of hydrogen-bond donors (Lipinski definition) is 1. The first kappa shape index (κ1) is 11.1. The highest BCUT2D eigenvalue weighted by Gasteiger charge is 2.32. The highest BCUT2D eigenvalue weighted by atomic mass is 15.1. The van der Waals surface area contributed by atoms with Crippen LogP contribution in [0.2, 0.25) is 0 Å². The molecule has 3 heteroatoms. The van der Waals surface area contributed by atoms with E-state index in [1.807, 2.05) is 0 Å². The number of imidazole rings is 1. The van der Waals surface area contributed by atoms with Crippen molar-refractivity contribution in [1.82, 2.24) is 9.55 Å². The third-order valence-corrected chi connectivity index (χ3v) is 4.32. The average molecular weight is 233 g/mol. The molecular formula is C14H23N3. The van der Waals surface area contributed by atoms with Gasteiger partial charge in [0.25, 0.3) is 0 Å². The maximum atomic E-state index is 6.26. The monoisotopic (exact) mass is 233 g/mol. The molecule has 0 unspecified atom stereocenters. The van der Waals surface area contributed by atoms with Crippen LogP contribution in [0.25, 0.3) is 0 Å². The average Bonchev–Trinajstić information content (AvgIpc) is 3.15. The second-order valence-electron chi connectivity index (χ2n) is 5.59. The Hall–Kier alpha value is -0.990. The molecule has 2 saturated carbocycles. The lowest BCUT2D eigenvalue weighted by Gasteiger charge is -2.21. The number of anilines is 1. The molecule has 3 nitrogen and oxygen atoms in total. The maximum absolute atomic E-state index is 6.26. The molecule has 1 heterocycles. The fourth-order valence-corrected chi connectivity index (χ4v) is 3.16. The summed E-state index contributed by atoms with van der Waals surface area (Å²) in [6.07, 6.45) is 9.30. The predicted molar refractivity (Wildman–Crippen MR) is 70.1 cm³/mol. The van der Waals surface area contributed by atoms with E-state index in [1.54, 1.807) is 0 Å². The minimum absolute atomic E-state index is 0.665. The Morgan fingerprint density at radius 1 is 1.12 bits per heavy atom. The van der Waals surface area contributed by atoms with Crippen molar-refractivity contribution in [3.8, 4) is 0 Å². The maximum Gasteiger partial charge on any atom is 0.127 e. The number of rotatable bonds is 3. The van der Waals surface area contributed by atoms with Gasteiger partial charge in [-0.2, -0.15) is 0 Å². The summed E-state index contributed by atoms with van der Waals surface area (Å²) in [7, 11) is 0. The van der Waals surface area contributed by atoms with Crippen molar-refractivity contribution < 1.29 is 0 Å². The molecule has 0 saturated heterocycles. The van der Waals surface area contributed by atoms with Gasteiger partial charge in [-0.25, -0.2) is 4.98 Å². The van der Waals surface area contributed by atoms with E-state index >= 15 is 0 Å². The van der Waals surface area contributed by atoms with Gasteiger partial charge >= 0.3 is 0 Å². The van der Waals surface area contributed by atoms with Crippen LogP contribution in [0.4, 0.5) is 5.82 Å². The number of nitrogens with zero attached hydrogens (tertiary/aromatic N) is 2. The fourth-order valence-electron chi connectivity index (χ4n) is 3.16. The van der Waals surface area contributed by atoms with Gasteiger partial charge < -0.3 is 10.3 Å². The summed E-state index contributed by atoms with van der Waals surface area (Å²) in [5.41, 5.74) is 7.46. The molecule has 94 valence electrons. The van der Waals surface area contributed by atoms with Crippen LogP contribution in [-0.2, 0) is 6.54 Å². The quantitative estimate of drug-likeness (QED) is 0.869. The van der Waals surface area contributed by atoms with Crippen LogP contribution >= 0.6 is 0 Å². The van der Waals surface area contributed by atoms with Crippen LogP contribution in [0.15, 0.2) is 0 Å². The van der Waals surface area contributed by atoms with Gasteiger partial charge in [-0.05, 0) is 32.6 Å². The molecule has 0 aliphatic heterocycles. The molecule has 3 rings (SSSR count). The summed E-state index contributed by atoms with van der Waals surface area (Å²) in [4.78, 5) is 4.90. The van der Waals surface area contributed by atoms with Crippen molar-refractivity contribution in [2.24, 2.45) is 0 Å². The van der Waals surface area contributed by atoms with E-state index in [2.05, 4.69) is 11.5 Å². The van der Waals surface area contributed by atoms with Gasteiger partial charge in [-0.1, -0.05) is 19.3 Å². The molecule has 0 spiro atoms. The Morgan fingerprint density at radius 3 is 2.41 bits per heavy atom. The Bertz CT molecular complexity index is 398. The van der Waals surface area contributed by atoms with E-state index in [0.717, 1.165) is 12.4 Å². The van der Waals surface area contributed by atoms with Gasteiger partial charge in [0, 0.05) is 18.4 Å². The molecule has 17 heavy (non-hydrogen) atoms. The molecule has 0 amide bonds. The molecule has 0 aromatic carbocycles. The molecule has 2 fully saturated rings. The molecule has 1 aromatic rings. The van der Waals surface area contributed by atoms with E-state index in [0.29, 0.717) is 11.8 Å². The van der Waals surface area contributed by atoms with Crippen LogP contribution in [0.1, 0.15) is 75.2 Å². The van der Waals surface area contributed by atoms with Gasteiger partial charge in [-0.15, -0.1) is 0 Å². The predicted octanol–water partition coefficient (Wildman–Crippen LogP) is 3.41. The van der Waals surface area contributed by atoms with Crippen molar-refractivity contribution in [2.45, 2.75) is 70.3 Å². The second kappa shape index (κ2) is 4.35. The minimum atomic E-state index is 0.665. The second-order valence-corrected chi connectivity index (χ2v) is 5.59. The lowest BCUT2D eigenvalue weighted by atomic mass is 9.88. The fraction of sp³-hybridized carbons (Fsp3) is 0.786. The van der Waals surface area contributed by atoms with E-state index in [-0.39, 0.29) is 0 Å². The first-order chi connectivity index (χ1) is 8.31. The number of nitrogen functional groups attached to an aromatic ring is 1. The smallest absolute Gasteiger partial charge is 0.127 e. The molecule has 2 aliphatic carbocycles. The molecular weight excluding hydrogens is 210 g/mol. The lowest BCUT2D eigenvalue weighted by molar-refractivity contribution is 0.417.